The summed E-state index contributed by atoms with van der Waals surface area (Å²) >= 11 is 0. The Morgan fingerprint density at radius 1 is 1.14 bits per heavy atom. The van der Waals surface area contributed by atoms with Crippen LogP contribution in [0.1, 0.15) is 31.5 Å². The molecule has 0 aliphatic carbocycles. The highest BCUT2D eigenvalue weighted by Crippen LogP contribution is 2.33. The van der Waals surface area contributed by atoms with E-state index in [9.17, 15) is 0 Å². The molecule has 0 saturated carbocycles. The first-order chi connectivity index (χ1) is 13.4. The molecule has 0 saturated heterocycles. The topological polar surface area (TPSA) is 112 Å². The molecule has 1 atom stereocenters. The molecule has 146 valence electrons. The van der Waals surface area contributed by atoms with Gasteiger partial charge in [-0.2, -0.15) is 4.98 Å². The number of aryl methyl sites for hydroxylation is 1. The van der Waals surface area contributed by atoms with Crippen LogP contribution in [0.15, 0.2) is 36.9 Å². The van der Waals surface area contributed by atoms with Crippen LogP contribution in [0.4, 0.5) is 11.8 Å². The first-order valence-electron chi connectivity index (χ1n) is 9.11. The number of anilines is 2. The predicted octanol–water partition coefficient (Wildman–Crippen LogP) is 3.01. The van der Waals surface area contributed by atoms with E-state index < -0.39 is 0 Å². The largest absolute Gasteiger partial charge is 0.481 e. The second-order valence-corrected chi connectivity index (χ2v) is 6.90. The highest BCUT2D eigenvalue weighted by Gasteiger charge is 2.29. The summed E-state index contributed by atoms with van der Waals surface area (Å²) in [6.07, 6.45) is 5.95. The number of nitrogen functional groups attached to an aromatic ring is 1. The summed E-state index contributed by atoms with van der Waals surface area (Å²) in [6, 6.07) is 5.88. The minimum absolute atomic E-state index is 0.194. The molecule has 3 aromatic heterocycles. The number of ether oxygens (including phenoxy) is 1. The van der Waals surface area contributed by atoms with E-state index >= 15 is 0 Å². The van der Waals surface area contributed by atoms with Crippen LogP contribution < -0.4 is 15.8 Å². The van der Waals surface area contributed by atoms with E-state index in [1.165, 1.54) is 0 Å². The Balaban J connectivity index is 1.82. The number of nitrogens with two attached hydrogens (primary N) is 1. The Labute approximate surface area is 164 Å². The number of nitrogens with one attached hydrogen (secondary N) is 1. The zero-order chi connectivity index (χ0) is 20.1. The van der Waals surface area contributed by atoms with E-state index in [1.54, 1.807) is 19.6 Å². The molecule has 3 aromatic rings. The molecule has 0 radical (unpaired) electrons. The fraction of sp³-hybridized carbons (Fsp3) is 0.350. The second-order valence-electron chi connectivity index (χ2n) is 6.90. The van der Waals surface area contributed by atoms with E-state index in [0.717, 1.165) is 34.8 Å². The van der Waals surface area contributed by atoms with Gasteiger partial charge < -0.3 is 15.8 Å². The van der Waals surface area contributed by atoms with Gasteiger partial charge in [0.2, 0.25) is 11.8 Å². The van der Waals surface area contributed by atoms with E-state index in [0.29, 0.717) is 12.4 Å². The average molecular weight is 379 g/mol. The number of hydrogen-bond acceptors (Lipinski definition) is 8. The summed E-state index contributed by atoms with van der Waals surface area (Å²) in [6.45, 7) is 6.82. The van der Waals surface area contributed by atoms with Gasteiger partial charge in [0.15, 0.2) is 0 Å². The Kier molecular flexibility index (Phi) is 5.67. The van der Waals surface area contributed by atoms with Crippen LogP contribution in [-0.2, 0) is 5.41 Å². The lowest BCUT2D eigenvalue weighted by Gasteiger charge is -2.30. The van der Waals surface area contributed by atoms with Crippen LogP contribution in [0, 0.1) is 6.92 Å². The lowest BCUT2D eigenvalue weighted by atomic mass is 9.81. The minimum Gasteiger partial charge on any atom is -0.481 e. The maximum absolute atomic E-state index is 5.69. The van der Waals surface area contributed by atoms with Gasteiger partial charge in [0.1, 0.15) is 12.1 Å². The van der Waals surface area contributed by atoms with Crippen LogP contribution in [0.5, 0.6) is 5.88 Å². The van der Waals surface area contributed by atoms with Crippen LogP contribution >= 0.6 is 0 Å². The number of aromatic nitrogens is 5. The first-order valence-corrected chi connectivity index (χ1v) is 9.11. The van der Waals surface area contributed by atoms with Gasteiger partial charge in [0.25, 0.3) is 0 Å². The van der Waals surface area contributed by atoms with Crippen molar-refractivity contribution in [2.75, 3.05) is 24.7 Å². The zero-order valence-corrected chi connectivity index (χ0v) is 16.6. The molecule has 0 fully saturated rings. The number of pyridine rings is 1. The summed E-state index contributed by atoms with van der Waals surface area (Å²) in [5.41, 5.74) is 9.06. The molecule has 0 bridgehead atoms. The lowest BCUT2D eigenvalue weighted by molar-refractivity contribution is 0.369. The van der Waals surface area contributed by atoms with E-state index in [1.807, 2.05) is 31.3 Å². The van der Waals surface area contributed by atoms with Gasteiger partial charge in [0, 0.05) is 47.2 Å². The molecule has 0 spiro atoms. The number of rotatable bonds is 7. The molecule has 0 aromatic carbocycles. The molecule has 0 unspecified atom stereocenters. The van der Waals surface area contributed by atoms with Crippen LogP contribution in [0.25, 0.3) is 11.3 Å². The average Bonchev–Trinajstić information content (AvgIpc) is 2.72. The Morgan fingerprint density at radius 3 is 2.64 bits per heavy atom. The van der Waals surface area contributed by atoms with Crippen molar-refractivity contribution < 1.29 is 4.74 Å². The molecule has 3 rings (SSSR count). The summed E-state index contributed by atoms with van der Waals surface area (Å²) in [4.78, 5) is 21.4. The highest BCUT2D eigenvalue weighted by molar-refractivity contribution is 5.61. The smallest absolute Gasteiger partial charge is 0.223 e. The van der Waals surface area contributed by atoms with Crippen LogP contribution in [0.2, 0.25) is 0 Å². The zero-order valence-electron chi connectivity index (χ0n) is 16.6. The maximum atomic E-state index is 5.69. The van der Waals surface area contributed by atoms with Gasteiger partial charge >= 0.3 is 0 Å². The molecular formula is C20H25N7O. The third-order valence-electron chi connectivity index (χ3n) is 4.93. The summed E-state index contributed by atoms with van der Waals surface area (Å²) in [7, 11) is 1.58. The second kappa shape index (κ2) is 8.16. The Bertz CT molecular complexity index is 946. The van der Waals surface area contributed by atoms with Gasteiger partial charge in [-0.05, 0) is 25.5 Å². The van der Waals surface area contributed by atoms with Crippen molar-refractivity contribution >= 4 is 11.8 Å². The molecular weight excluding hydrogens is 354 g/mol. The van der Waals surface area contributed by atoms with Gasteiger partial charge in [-0.3, -0.25) is 4.98 Å². The monoisotopic (exact) mass is 379 g/mol. The van der Waals surface area contributed by atoms with Crippen molar-refractivity contribution in [2.45, 2.75) is 32.6 Å². The summed E-state index contributed by atoms with van der Waals surface area (Å²) in [5, 5.41) is 3.41. The molecule has 8 heteroatoms. The van der Waals surface area contributed by atoms with E-state index in [2.05, 4.69) is 44.1 Å². The van der Waals surface area contributed by atoms with Gasteiger partial charge in [0.05, 0.1) is 12.8 Å². The SMILES string of the molecule is CC[C@](C)(CNc1cc(-c2ccc(C)nc2)ncn1)c1cnc(N)nc1OC. The van der Waals surface area contributed by atoms with Crippen LogP contribution in [0.3, 0.4) is 0 Å². The van der Waals surface area contributed by atoms with Crippen molar-refractivity contribution in [3.05, 3.63) is 48.2 Å². The quantitative estimate of drug-likeness (QED) is 0.644. The van der Waals surface area contributed by atoms with Crippen LogP contribution in [-0.4, -0.2) is 38.6 Å². The van der Waals surface area contributed by atoms with Crippen molar-refractivity contribution in [1.82, 2.24) is 24.9 Å². The Hall–Kier alpha value is -3.29. The predicted molar refractivity (Wildman–Crippen MR) is 109 cm³/mol. The molecule has 0 aliphatic heterocycles. The van der Waals surface area contributed by atoms with E-state index in [-0.39, 0.29) is 11.4 Å². The molecule has 8 nitrogen and oxygen atoms in total. The van der Waals surface area contributed by atoms with Gasteiger partial charge in [-0.1, -0.05) is 13.8 Å². The fourth-order valence-corrected chi connectivity index (χ4v) is 2.88. The van der Waals surface area contributed by atoms with Gasteiger partial charge in [-0.15, -0.1) is 0 Å². The third-order valence-corrected chi connectivity index (χ3v) is 4.93. The van der Waals surface area contributed by atoms with Crippen molar-refractivity contribution in [1.29, 1.82) is 0 Å². The molecule has 0 aliphatic rings. The third kappa shape index (κ3) is 4.16. The Morgan fingerprint density at radius 2 is 1.96 bits per heavy atom. The standard InChI is InChI=1S/C20H25N7O/c1-5-20(3,15-10-23-19(21)27-18(15)28-4)11-24-17-8-16(25-12-26-17)14-7-6-13(2)22-9-14/h6-10,12H,5,11H2,1-4H3,(H2,21,23,27)(H,24,25,26)/t20-/m1/s1. The molecule has 3 N–H and O–H groups in total. The number of methoxy groups -OCH3 is 1. The maximum Gasteiger partial charge on any atom is 0.223 e. The summed E-state index contributed by atoms with van der Waals surface area (Å²) in [5.74, 6) is 1.42. The molecule has 28 heavy (non-hydrogen) atoms. The van der Waals surface area contributed by atoms with Crippen molar-refractivity contribution in [3.8, 4) is 17.1 Å². The van der Waals surface area contributed by atoms with E-state index in [4.69, 9.17) is 10.5 Å². The minimum atomic E-state index is -0.268. The highest BCUT2D eigenvalue weighted by atomic mass is 16.5. The fourth-order valence-electron chi connectivity index (χ4n) is 2.88. The molecule has 3 heterocycles. The summed E-state index contributed by atoms with van der Waals surface area (Å²) < 4.78 is 5.42. The lowest BCUT2D eigenvalue weighted by Crippen LogP contribution is -2.32. The van der Waals surface area contributed by atoms with Crippen molar-refractivity contribution in [3.63, 3.8) is 0 Å². The number of hydrogen-bond donors (Lipinski definition) is 2. The first kappa shape index (κ1) is 19.5. The normalized spacial score (nSPS) is 13.0. The van der Waals surface area contributed by atoms with Crippen molar-refractivity contribution in [2.24, 2.45) is 0 Å². The van der Waals surface area contributed by atoms with Gasteiger partial charge in [-0.25, -0.2) is 15.0 Å². The molecule has 0 amide bonds. The number of nitrogens with zero attached hydrogens (tertiary/aromatic N) is 5.